The Morgan fingerprint density at radius 3 is 2.81 bits per heavy atom. The van der Waals surface area contributed by atoms with E-state index in [0.717, 1.165) is 0 Å². The van der Waals surface area contributed by atoms with Crippen LogP contribution in [0, 0.1) is 5.82 Å². The number of halogens is 2. The molecule has 6 heteroatoms. The average molecular weight is 284 g/mol. The zero-order valence-corrected chi connectivity index (χ0v) is 9.58. The summed E-state index contributed by atoms with van der Waals surface area (Å²) in [6.45, 7) is 0. The van der Waals surface area contributed by atoms with Gasteiger partial charge in [-0.3, -0.25) is 4.79 Å². The maximum Gasteiger partial charge on any atom is 0.251 e. The number of hydrogen-bond donors (Lipinski definition) is 2. The maximum absolute atomic E-state index is 13.8. The van der Waals surface area contributed by atoms with Crippen molar-refractivity contribution in [3.05, 3.63) is 45.0 Å². The standard InChI is InChI=1S/C10H7BrFN3O/c11-5-1-2-6(13)8(9(5)12)10-14-4-3-7(16)15-10/h1-4H,13H2,(H,14,15,16). The van der Waals surface area contributed by atoms with E-state index in [1.807, 2.05) is 0 Å². The van der Waals surface area contributed by atoms with E-state index >= 15 is 0 Å². The van der Waals surface area contributed by atoms with Crippen molar-refractivity contribution in [1.82, 2.24) is 9.97 Å². The third kappa shape index (κ3) is 1.83. The summed E-state index contributed by atoms with van der Waals surface area (Å²) < 4.78 is 14.1. The molecular weight excluding hydrogens is 277 g/mol. The Labute approximate surface area is 98.5 Å². The molecule has 4 nitrogen and oxygen atoms in total. The molecule has 0 unspecified atom stereocenters. The van der Waals surface area contributed by atoms with Gasteiger partial charge in [0.05, 0.1) is 10.0 Å². The van der Waals surface area contributed by atoms with Crippen molar-refractivity contribution in [3.63, 3.8) is 0 Å². The maximum atomic E-state index is 13.8. The molecule has 0 aliphatic heterocycles. The Morgan fingerprint density at radius 1 is 1.38 bits per heavy atom. The van der Waals surface area contributed by atoms with Gasteiger partial charge in [0.1, 0.15) is 11.6 Å². The number of benzene rings is 1. The first-order valence-electron chi connectivity index (χ1n) is 4.39. The van der Waals surface area contributed by atoms with Crippen molar-refractivity contribution in [3.8, 4) is 11.4 Å². The quantitative estimate of drug-likeness (QED) is 0.786. The Bertz CT molecular complexity index is 597. The molecule has 0 aliphatic rings. The number of H-pyrrole nitrogens is 1. The zero-order valence-electron chi connectivity index (χ0n) is 8.00. The fourth-order valence-corrected chi connectivity index (χ4v) is 1.63. The third-order valence-electron chi connectivity index (χ3n) is 2.04. The Kier molecular flexibility index (Phi) is 2.74. The smallest absolute Gasteiger partial charge is 0.251 e. The van der Waals surface area contributed by atoms with Crippen molar-refractivity contribution in [2.24, 2.45) is 0 Å². The summed E-state index contributed by atoms with van der Waals surface area (Å²) in [7, 11) is 0. The van der Waals surface area contributed by atoms with E-state index in [1.165, 1.54) is 24.4 Å². The normalized spacial score (nSPS) is 10.4. The second-order valence-corrected chi connectivity index (χ2v) is 3.96. The van der Waals surface area contributed by atoms with Gasteiger partial charge in [0.2, 0.25) is 0 Å². The highest BCUT2D eigenvalue weighted by Gasteiger charge is 2.14. The van der Waals surface area contributed by atoms with Gasteiger partial charge in [-0.05, 0) is 28.1 Å². The number of nitrogens with one attached hydrogen (secondary N) is 1. The van der Waals surface area contributed by atoms with Crippen molar-refractivity contribution in [2.45, 2.75) is 0 Å². The largest absolute Gasteiger partial charge is 0.398 e. The van der Waals surface area contributed by atoms with Crippen molar-refractivity contribution >= 4 is 21.6 Å². The van der Waals surface area contributed by atoms with E-state index in [-0.39, 0.29) is 27.1 Å². The molecule has 2 rings (SSSR count). The second kappa shape index (κ2) is 4.05. The highest BCUT2D eigenvalue weighted by molar-refractivity contribution is 9.10. The number of nitrogens with two attached hydrogens (primary N) is 1. The Balaban J connectivity index is 2.73. The molecule has 1 aromatic carbocycles. The minimum absolute atomic E-state index is 0.0899. The lowest BCUT2D eigenvalue weighted by molar-refractivity contribution is 0.624. The molecule has 0 saturated carbocycles. The molecule has 1 heterocycles. The van der Waals surface area contributed by atoms with Crippen LogP contribution in [-0.2, 0) is 0 Å². The van der Waals surface area contributed by atoms with Gasteiger partial charge in [0.25, 0.3) is 5.56 Å². The molecule has 0 radical (unpaired) electrons. The van der Waals surface area contributed by atoms with Crippen LogP contribution >= 0.6 is 15.9 Å². The van der Waals surface area contributed by atoms with Crippen molar-refractivity contribution in [1.29, 1.82) is 0 Å². The van der Waals surface area contributed by atoms with Crippen LogP contribution in [0.1, 0.15) is 0 Å². The molecule has 3 N–H and O–H groups in total. The van der Waals surface area contributed by atoms with E-state index in [4.69, 9.17) is 5.73 Å². The summed E-state index contributed by atoms with van der Waals surface area (Å²) in [5, 5.41) is 0. The van der Waals surface area contributed by atoms with Gasteiger partial charge in [-0.2, -0.15) is 0 Å². The molecule has 16 heavy (non-hydrogen) atoms. The van der Waals surface area contributed by atoms with Crippen molar-refractivity contribution in [2.75, 3.05) is 5.73 Å². The molecule has 0 fully saturated rings. The predicted octanol–water partition coefficient (Wildman–Crippen LogP) is 1.92. The summed E-state index contributed by atoms with van der Waals surface area (Å²) in [5.41, 5.74) is 5.60. The van der Waals surface area contributed by atoms with E-state index in [2.05, 4.69) is 25.9 Å². The molecule has 0 aliphatic carbocycles. The number of nitrogen functional groups attached to an aromatic ring is 1. The SMILES string of the molecule is Nc1ccc(Br)c(F)c1-c1nccc(=O)[nH]1. The fourth-order valence-electron chi connectivity index (χ4n) is 1.30. The molecule has 1 aromatic heterocycles. The monoisotopic (exact) mass is 283 g/mol. The number of anilines is 1. The third-order valence-corrected chi connectivity index (χ3v) is 2.65. The molecule has 0 amide bonds. The van der Waals surface area contributed by atoms with Gasteiger partial charge in [-0.1, -0.05) is 0 Å². The van der Waals surface area contributed by atoms with Gasteiger partial charge < -0.3 is 10.7 Å². The molecule has 2 aromatic rings. The number of aromatic amines is 1. The fraction of sp³-hybridized carbons (Fsp3) is 0. The number of aromatic nitrogens is 2. The molecule has 0 atom stereocenters. The topological polar surface area (TPSA) is 71.8 Å². The zero-order chi connectivity index (χ0) is 11.7. The summed E-state index contributed by atoms with van der Waals surface area (Å²) in [4.78, 5) is 17.4. The van der Waals surface area contributed by atoms with E-state index in [0.29, 0.717) is 0 Å². The number of rotatable bonds is 1. The van der Waals surface area contributed by atoms with Crippen LogP contribution < -0.4 is 11.3 Å². The Morgan fingerprint density at radius 2 is 2.12 bits per heavy atom. The summed E-state index contributed by atoms with van der Waals surface area (Å²) in [6, 6.07) is 4.28. The molecular formula is C10H7BrFN3O. The predicted molar refractivity (Wildman–Crippen MR) is 62.4 cm³/mol. The van der Waals surface area contributed by atoms with Crippen LogP contribution in [0.4, 0.5) is 10.1 Å². The van der Waals surface area contributed by atoms with Crippen LogP contribution in [0.15, 0.2) is 33.7 Å². The van der Waals surface area contributed by atoms with Crippen LogP contribution in [0.5, 0.6) is 0 Å². The van der Waals surface area contributed by atoms with E-state index in [9.17, 15) is 9.18 Å². The summed E-state index contributed by atoms with van der Waals surface area (Å²) >= 11 is 3.05. The first-order valence-corrected chi connectivity index (χ1v) is 5.18. The molecule has 0 saturated heterocycles. The lowest BCUT2D eigenvalue weighted by Crippen LogP contribution is -2.08. The lowest BCUT2D eigenvalue weighted by atomic mass is 10.1. The van der Waals surface area contributed by atoms with Gasteiger partial charge >= 0.3 is 0 Å². The second-order valence-electron chi connectivity index (χ2n) is 3.11. The Hall–Kier alpha value is -1.69. The molecule has 0 spiro atoms. The van der Waals surface area contributed by atoms with Crippen molar-refractivity contribution < 1.29 is 4.39 Å². The van der Waals surface area contributed by atoms with Crippen LogP contribution in [0.25, 0.3) is 11.4 Å². The number of hydrogen-bond acceptors (Lipinski definition) is 3. The molecule has 0 bridgehead atoms. The summed E-state index contributed by atoms with van der Waals surface area (Å²) in [5.74, 6) is -0.432. The van der Waals surface area contributed by atoms with Crippen LogP contribution in [-0.4, -0.2) is 9.97 Å². The first kappa shape index (κ1) is 10.8. The van der Waals surface area contributed by atoms with Gasteiger partial charge in [0.15, 0.2) is 0 Å². The lowest BCUT2D eigenvalue weighted by Gasteiger charge is -2.07. The molecule has 82 valence electrons. The minimum atomic E-state index is -0.547. The summed E-state index contributed by atoms with van der Waals surface area (Å²) in [6.07, 6.45) is 1.30. The highest BCUT2D eigenvalue weighted by Crippen LogP contribution is 2.30. The first-order chi connectivity index (χ1) is 7.59. The van der Waals surface area contributed by atoms with Crippen LogP contribution in [0.2, 0.25) is 0 Å². The van der Waals surface area contributed by atoms with Crippen LogP contribution in [0.3, 0.4) is 0 Å². The van der Waals surface area contributed by atoms with Gasteiger partial charge in [0, 0.05) is 18.0 Å². The highest BCUT2D eigenvalue weighted by atomic mass is 79.9. The minimum Gasteiger partial charge on any atom is -0.398 e. The average Bonchev–Trinajstić information content (AvgIpc) is 2.24. The number of nitrogens with zero attached hydrogens (tertiary/aromatic N) is 1. The van der Waals surface area contributed by atoms with Gasteiger partial charge in [-0.25, -0.2) is 9.37 Å². The van der Waals surface area contributed by atoms with E-state index < -0.39 is 5.82 Å². The van der Waals surface area contributed by atoms with Gasteiger partial charge in [-0.15, -0.1) is 0 Å². The van der Waals surface area contributed by atoms with E-state index in [1.54, 1.807) is 0 Å².